The van der Waals surface area contributed by atoms with Crippen LogP contribution in [0.15, 0.2) is 18.3 Å². The normalized spacial score (nSPS) is 34.2. The number of hydrogen-bond acceptors (Lipinski definition) is 4. The van der Waals surface area contributed by atoms with Gasteiger partial charge in [0.15, 0.2) is 0 Å². The molecular weight excluding hydrogens is 254 g/mol. The van der Waals surface area contributed by atoms with E-state index in [1.165, 1.54) is 0 Å². The molecule has 3 atom stereocenters. The molecule has 1 saturated carbocycles. The summed E-state index contributed by atoms with van der Waals surface area (Å²) in [6.45, 7) is 6.61. The first-order chi connectivity index (χ1) is 9.37. The number of pyridine rings is 1. The Labute approximate surface area is 118 Å². The predicted molar refractivity (Wildman–Crippen MR) is 76.2 cm³/mol. The highest BCUT2D eigenvalue weighted by Gasteiger charge is 2.71. The van der Waals surface area contributed by atoms with Gasteiger partial charge in [0, 0.05) is 23.6 Å². The molecule has 2 aliphatic rings. The maximum Gasteiger partial charge on any atom is 0.245 e. The number of fused-ring (bicyclic) bond motifs is 1. The van der Waals surface area contributed by atoms with Crippen molar-refractivity contribution in [1.82, 2.24) is 4.98 Å². The molecule has 5 heteroatoms. The highest BCUT2D eigenvalue weighted by Crippen LogP contribution is 2.58. The average molecular weight is 275 g/mol. The standard InChI is InChI=1S/C15H21N3O2/c1-9-4-5-10(8-17-9)18-13(19)15(16)11-6-7-20-12(11)14(15,2)3/h4-5,8,11-12H,6-7,16H2,1-3H3,(H,18,19). The number of nitrogens with one attached hydrogen (secondary N) is 1. The molecule has 108 valence electrons. The molecule has 20 heavy (non-hydrogen) atoms. The largest absolute Gasteiger partial charge is 0.377 e. The molecule has 0 radical (unpaired) electrons. The fourth-order valence-corrected chi connectivity index (χ4v) is 3.62. The van der Waals surface area contributed by atoms with Gasteiger partial charge in [-0.2, -0.15) is 0 Å². The van der Waals surface area contributed by atoms with Crippen molar-refractivity contribution in [1.29, 1.82) is 0 Å². The molecule has 2 heterocycles. The smallest absolute Gasteiger partial charge is 0.245 e. The number of carbonyl (C=O) groups is 1. The van der Waals surface area contributed by atoms with Crippen LogP contribution in [0.4, 0.5) is 5.69 Å². The molecule has 0 bridgehead atoms. The van der Waals surface area contributed by atoms with Crippen LogP contribution in [-0.2, 0) is 9.53 Å². The molecule has 5 nitrogen and oxygen atoms in total. The number of anilines is 1. The summed E-state index contributed by atoms with van der Waals surface area (Å²) in [5.41, 5.74) is 6.85. The molecule has 3 rings (SSSR count). The van der Waals surface area contributed by atoms with Gasteiger partial charge in [0.25, 0.3) is 0 Å². The Kier molecular flexibility index (Phi) is 2.88. The lowest BCUT2D eigenvalue weighted by molar-refractivity contribution is -0.170. The van der Waals surface area contributed by atoms with Crippen molar-refractivity contribution in [2.45, 2.75) is 38.8 Å². The van der Waals surface area contributed by atoms with Crippen molar-refractivity contribution >= 4 is 11.6 Å². The van der Waals surface area contributed by atoms with Crippen molar-refractivity contribution < 1.29 is 9.53 Å². The van der Waals surface area contributed by atoms with Crippen LogP contribution in [0.1, 0.15) is 26.0 Å². The van der Waals surface area contributed by atoms with Crippen molar-refractivity contribution in [2.75, 3.05) is 11.9 Å². The summed E-state index contributed by atoms with van der Waals surface area (Å²) in [7, 11) is 0. The number of ether oxygens (including phenoxy) is 1. The Balaban J connectivity index is 1.81. The second-order valence-electron chi connectivity index (χ2n) is 6.42. The Morgan fingerprint density at radius 2 is 2.25 bits per heavy atom. The van der Waals surface area contributed by atoms with Crippen LogP contribution in [-0.4, -0.2) is 29.1 Å². The third-order valence-corrected chi connectivity index (χ3v) is 5.00. The predicted octanol–water partition coefficient (Wildman–Crippen LogP) is 1.47. The summed E-state index contributed by atoms with van der Waals surface area (Å²) in [4.78, 5) is 16.8. The van der Waals surface area contributed by atoms with Gasteiger partial charge in [0.05, 0.1) is 18.0 Å². The number of rotatable bonds is 2. The van der Waals surface area contributed by atoms with Crippen LogP contribution in [0, 0.1) is 18.3 Å². The van der Waals surface area contributed by atoms with E-state index in [-0.39, 0.29) is 23.3 Å². The first-order valence-electron chi connectivity index (χ1n) is 7.02. The van der Waals surface area contributed by atoms with Crippen molar-refractivity contribution in [2.24, 2.45) is 17.1 Å². The van der Waals surface area contributed by atoms with Crippen molar-refractivity contribution in [3.63, 3.8) is 0 Å². The van der Waals surface area contributed by atoms with Crippen LogP contribution < -0.4 is 11.1 Å². The zero-order valence-electron chi connectivity index (χ0n) is 12.1. The molecule has 2 fully saturated rings. The minimum Gasteiger partial charge on any atom is -0.377 e. The van der Waals surface area contributed by atoms with E-state index in [1.807, 2.05) is 32.9 Å². The summed E-state index contributed by atoms with van der Waals surface area (Å²) < 4.78 is 5.71. The second-order valence-corrected chi connectivity index (χ2v) is 6.42. The first-order valence-corrected chi connectivity index (χ1v) is 7.02. The number of carbonyl (C=O) groups excluding carboxylic acids is 1. The van der Waals surface area contributed by atoms with Gasteiger partial charge in [-0.25, -0.2) is 0 Å². The molecule has 1 aromatic rings. The Hall–Kier alpha value is -1.46. The van der Waals surface area contributed by atoms with E-state index in [1.54, 1.807) is 6.20 Å². The summed E-state index contributed by atoms with van der Waals surface area (Å²) in [6, 6.07) is 3.71. The molecule has 1 saturated heterocycles. The minimum absolute atomic E-state index is 0.0920. The Morgan fingerprint density at radius 3 is 2.90 bits per heavy atom. The molecule has 0 aromatic carbocycles. The SMILES string of the molecule is Cc1ccc(NC(=O)C2(N)C3CCOC3C2(C)C)cn1. The van der Waals surface area contributed by atoms with Gasteiger partial charge >= 0.3 is 0 Å². The van der Waals surface area contributed by atoms with E-state index in [0.717, 1.165) is 12.1 Å². The highest BCUT2D eigenvalue weighted by atomic mass is 16.5. The lowest BCUT2D eigenvalue weighted by Crippen LogP contribution is -2.79. The van der Waals surface area contributed by atoms with E-state index in [4.69, 9.17) is 10.5 Å². The van der Waals surface area contributed by atoms with E-state index in [2.05, 4.69) is 10.3 Å². The van der Waals surface area contributed by atoms with Crippen LogP contribution >= 0.6 is 0 Å². The summed E-state index contributed by atoms with van der Waals surface area (Å²) in [5.74, 6) is -0.0317. The summed E-state index contributed by atoms with van der Waals surface area (Å²) in [5, 5.41) is 2.90. The Bertz CT molecular complexity index is 541. The third-order valence-electron chi connectivity index (χ3n) is 5.00. The van der Waals surface area contributed by atoms with Gasteiger partial charge in [0.2, 0.25) is 5.91 Å². The van der Waals surface area contributed by atoms with E-state index >= 15 is 0 Å². The van der Waals surface area contributed by atoms with Gasteiger partial charge < -0.3 is 15.8 Å². The molecule has 3 N–H and O–H groups in total. The van der Waals surface area contributed by atoms with Crippen molar-refractivity contribution in [3.8, 4) is 0 Å². The van der Waals surface area contributed by atoms with Gasteiger partial charge in [-0.05, 0) is 25.5 Å². The van der Waals surface area contributed by atoms with Crippen LogP contribution in [0.5, 0.6) is 0 Å². The van der Waals surface area contributed by atoms with Crippen LogP contribution in [0.2, 0.25) is 0 Å². The lowest BCUT2D eigenvalue weighted by atomic mass is 9.48. The number of nitrogens with two attached hydrogens (primary N) is 1. The monoisotopic (exact) mass is 275 g/mol. The van der Waals surface area contributed by atoms with E-state index in [0.29, 0.717) is 12.3 Å². The van der Waals surface area contributed by atoms with Crippen LogP contribution in [0.3, 0.4) is 0 Å². The lowest BCUT2D eigenvalue weighted by Gasteiger charge is -2.60. The van der Waals surface area contributed by atoms with Gasteiger partial charge in [-0.1, -0.05) is 13.8 Å². The van der Waals surface area contributed by atoms with E-state index in [9.17, 15) is 4.79 Å². The molecule has 3 unspecified atom stereocenters. The van der Waals surface area contributed by atoms with Gasteiger partial charge in [-0.15, -0.1) is 0 Å². The third kappa shape index (κ3) is 1.63. The molecule has 1 aliphatic carbocycles. The first kappa shape index (κ1) is 13.5. The molecular formula is C15H21N3O2. The quantitative estimate of drug-likeness (QED) is 0.857. The second kappa shape index (κ2) is 4.27. The number of aromatic nitrogens is 1. The zero-order chi connectivity index (χ0) is 14.5. The number of aryl methyl sites for hydroxylation is 1. The summed E-state index contributed by atoms with van der Waals surface area (Å²) >= 11 is 0. The van der Waals surface area contributed by atoms with Crippen molar-refractivity contribution in [3.05, 3.63) is 24.0 Å². The maximum atomic E-state index is 12.6. The van der Waals surface area contributed by atoms with E-state index < -0.39 is 5.54 Å². The fraction of sp³-hybridized carbons (Fsp3) is 0.600. The fourth-order valence-electron chi connectivity index (χ4n) is 3.62. The topological polar surface area (TPSA) is 77.2 Å². The zero-order valence-corrected chi connectivity index (χ0v) is 12.1. The number of amides is 1. The van der Waals surface area contributed by atoms with Gasteiger partial charge in [-0.3, -0.25) is 9.78 Å². The minimum atomic E-state index is -0.876. The highest BCUT2D eigenvalue weighted by molar-refractivity contribution is 6.00. The molecule has 0 spiro atoms. The molecule has 1 aliphatic heterocycles. The van der Waals surface area contributed by atoms with Crippen LogP contribution in [0.25, 0.3) is 0 Å². The Morgan fingerprint density at radius 1 is 1.50 bits per heavy atom. The molecule has 1 amide bonds. The van der Waals surface area contributed by atoms with Gasteiger partial charge in [0.1, 0.15) is 5.54 Å². The summed E-state index contributed by atoms with van der Waals surface area (Å²) in [6.07, 6.45) is 2.60. The number of nitrogens with zero attached hydrogens (tertiary/aromatic N) is 1. The average Bonchev–Trinajstić information content (AvgIpc) is 2.88. The maximum absolute atomic E-state index is 12.6. The number of hydrogen-bond donors (Lipinski definition) is 2. The molecule has 1 aromatic heterocycles.